The molecule has 15 heavy (non-hydrogen) atoms. The van der Waals surface area contributed by atoms with Gasteiger partial charge in [-0.25, -0.2) is 0 Å². The molecular formula is C11H13BrS2Si. The van der Waals surface area contributed by atoms with Crippen LogP contribution in [0.15, 0.2) is 27.4 Å². The minimum Gasteiger partial charge on any atom is -0.152 e. The molecule has 0 radical (unpaired) electrons. The van der Waals surface area contributed by atoms with Crippen LogP contribution in [-0.2, 0) is 0 Å². The van der Waals surface area contributed by atoms with E-state index >= 15 is 0 Å². The Balaban J connectivity index is 2.47. The highest BCUT2D eigenvalue weighted by molar-refractivity contribution is 9.10. The highest BCUT2D eigenvalue weighted by atomic mass is 79.9. The van der Waals surface area contributed by atoms with E-state index in [1.165, 1.54) is 14.9 Å². The molecule has 0 N–H and O–H groups in total. The van der Waals surface area contributed by atoms with E-state index in [-0.39, 0.29) is 0 Å². The van der Waals surface area contributed by atoms with Crippen LogP contribution < -0.4 is 4.50 Å². The van der Waals surface area contributed by atoms with Crippen molar-refractivity contribution in [2.45, 2.75) is 19.6 Å². The highest BCUT2D eigenvalue weighted by Gasteiger charge is 2.21. The van der Waals surface area contributed by atoms with Gasteiger partial charge in [0.25, 0.3) is 0 Å². The van der Waals surface area contributed by atoms with Crippen molar-refractivity contribution in [3.8, 4) is 10.4 Å². The van der Waals surface area contributed by atoms with E-state index in [0.717, 1.165) is 0 Å². The fraction of sp³-hybridized carbons (Fsp3) is 0.273. The Hall–Kier alpha value is 0.0969. The summed E-state index contributed by atoms with van der Waals surface area (Å²) in [6.45, 7) is 7.17. The van der Waals surface area contributed by atoms with Crippen LogP contribution in [0.4, 0.5) is 0 Å². The Morgan fingerprint density at radius 1 is 1.27 bits per heavy atom. The minimum absolute atomic E-state index is 1.16. The van der Waals surface area contributed by atoms with Crippen molar-refractivity contribution in [1.82, 2.24) is 0 Å². The van der Waals surface area contributed by atoms with Gasteiger partial charge in [0.2, 0.25) is 0 Å². The summed E-state index contributed by atoms with van der Waals surface area (Å²) in [4.78, 5) is 1.38. The summed E-state index contributed by atoms with van der Waals surface area (Å²) in [5.41, 5.74) is 1.35. The topological polar surface area (TPSA) is 0 Å². The first-order valence-corrected chi connectivity index (χ1v) is 10.9. The third-order valence-electron chi connectivity index (χ3n) is 2.21. The summed E-state index contributed by atoms with van der Waals surface area (Å²) in [6, 6.07) is 4.50. The van der Waals surface area contributed by atoms with Gasteiger partial charge in [-0.1, -0.05) is 19.6 Å². The zero-order valence-corrected chi connectivity index (χ0v) is 13.2. The van der Waals surface area contributed by atoms with Crippen molar-refractivity contribution in [1.29, 1.82) is 0 Å². The van der Waals surface area contributed by atoms with Crippen LogP contribution in [0, 0.1) is 0 Å². The van der Waals surface area contributed by atoms with Gasteiger partial charge in [0.15, 0.2) is 0 Å². The van der Waals surface area contributed by atoms with Crippen LogP contribution in [0.25, 0.3) is 10.4 Å². The molecule has 0 spiro atoms. The van der Waals surface area contributed by atoms with Gasteiger partial charge in [0, 0.05) is 14.9 Å². The molecule has 80 valence electrons. The molecular weight excluding hydrogens is 304 g/mol. The normalized spacial score (nSPS) is 12.0. The fourth-order valence-corrected chi connectivity index (χ4v) is 6.02. The smallest absolute Gasteiger partial charge is 0.0904 e. The van der Waals surface area contributed by atoms with Crippen molar-refractivity contribution in [3.05, 3.63) is 27.4 Å². The van der Waals surface area contributed by atoms with E-state index in [0.29, 0.717) is 0 Å². The molecule has 0 fully saturated rings. The maximum atomic E-state index is 3.67. The Morgan fingerprint density at radius 2 is 2.00 bits per heavy atom. The lowest BCUT2D eigenvalue weighted by atomic mass is 10.3. The first-order chi connectivity index (χ1) is 6.98. The third kappa shape index (κ3) is 2.44. The molecule has 0 atom stereocenters. The summed E-state index contributed by atoms with van der Waals surface area (Å²) < 4.78 is 2.82. The Labute approximate surface area is 108 Å². The van der Waals surface area contributed by atoms with Crippen LogP contribution >= 0.6 is 38.6 Å². The molecule has 0 saturated heterocycles. The van der Waals surface area contributed by atoms with Crippen LogP contribution in [0.1, 0.15) is 0 Å². The van der Waals surface area contributed by atoms with Crippen molar-refractivity contribution < 1.29 is 0 Å². The van der Waals surface area contributed by atoms with E-state index in [1.54, 1.807) is 15.8 Å². The summed E-state index contributed by atoms with van der Waals surface area (Å²) in [5.74, 6) is 0. The molecule has 0 bridgehead atoms. The zero-order chi connectivity index (χ0) is 11.1. The summed E-state index contributed by atoms with van der Waals surface area (Å²) >= 11 is 7.37. The molecule has 0 saturated carbocycles. The largest absolute Gasteiger partial charge is 0.152 e. The second-order valence-corrected chi connectivity index (χ2v) is 12.6. The Kier molecular flexibility index (Phi) is 3.21. The number of hydrogen-bond donors (Lipinski definition) is 0. The highest BCUT2D eigenvalue weighted by Crippen LogP contribution is 2.34. The van der Waals surface area contributed by atoms with E-state index in [9.17, 15) is 0 Å². The molecule has 0 nitrogen and oxygen atoms in total. The van der Waals surface area contributed by atoms with E-state index in [1.807, 2.05) is 11.3 Å². The summed E-state index contributed by atoms with van der Waals surface area (Å²) in [5, 5.41) is 4.35. The monoisotopic (exact) mass is 316 g/mol. The van der Waals surface area contributed by atoms with Crippen molar-refractivity contribution >= 4 is 51.2 Å². The predicted octanol–water partition coefficient (Wildman–Crippen LogP) is 4.78. The van der Waals surface area contributed by atoms with E-state index in [4.69, 9.17) is 0 Å². The van der Waals surface area contributed by atoms with Crippen LogP contribution in [0.5, 0.6) is 0 Å². The number of rotatable bonds is 2. The van der Waals surface area contributed by atoms with Gasteiger partial charge >= 0.3 is 0 Å². The summed E-state index contributed by atoms with van der Waals surface area (Å²) in [6.07, 6.45) is 0. The third-order valence-corrected chi connectivity index (χ3v) is 8.54. The predicted molar refractivity (Wildman–Crippen MR) is 78.3 cm³/mol. The second kappa shape index (κ2) is 4.16. The average molecular weight is 317 g/mol. The Morgan fingerprint density at radius 3 is 2.47 bits per heavy atom. The molecule has 0 aliphatic rings. The molecule has 4 heteroatoms. The van der Waals surface area contributed by atoms with Gasteiger partial charge in [-0.2, -0.15) is 11.3 Å². The van der Waals surface area contributed by atoms with E-state index in [2.05, 4.69) is 58.5 Å². The van der Waals surface area contributed by atoms with Crippen molar-refractivity contribution in [3.63, 3.8) is 0 Å². The molecule has 2 heterocycles. The van der Waals surface area contributed by atoms with E-state index < -0.39 is 8.07 Å². The van der Waals surface area contributed by atoms with Gasteiger partial charge in [-0.15, -0.1) is 11.3 Å². The maximum Gasteiger partial charge on any atom is 0.0904 e. The average Bonchev–Trinajstić information content (AvgIpc) is 2.69. The molecule has 0 amide bonds. The molecule has 0 aliphatic carbocycles. The molecule has 0 unspecified atom stereocenters. The van der Waals surface area contributed by atoms with Gasteiger partial charge in [-0.05, 0) is 43.3 Å². The Bertz CT molecular complexity index is 451. The first kappa shape index (κ1) is 11.6. The van der Waals surface area contributed by atoms with Crippen LogP contribution in [-0.4, -0.2) is 8.07 Å². The maximum absolute atomic E-state index is 3.67. The van der Waals surface area contributed by atoms with Gasteiger partial charge in [0.05, 0.1) is 8.07 Å². The standard InChI is InChI=1S/C11H13BrS2Si/c1-15(2,3)10-6-9(12)11(14-10)8-4-5-13-7-8/h4-7H,1-3H3. The molecule has 2 aromatic rings. The van der Waals surface area contributed by atoms with Gasteiger partial charge < -0.3 is 0 Å². The van der Waals surface area contributed by atoms with Crippen molar-refractivity contribution in [2.24, 2.45) is 0 Å². The second-order valence-electron chi connectivity index (χ2n) is 4.55. The first-order valence-electron chi connectivity index (χ1n) is 4.81. The number of thiophene rings is 2. The van der Waals surface area contributed by atoms with Gasteiger partial charge in [0.1, 0.15) is 0 Å². The lowest BCUT2D eigenvalue weighted by Crippen LogP contribution is -2.34. The number of halogens is 1. The number of hydrogen-bond acceptors (Lipinski definition) is 2. The quantitative estimate of drug-likeness (QED) is 0.699. The van der Waals surface area contributed by atoms with Crippen molar-refractivity contribution in [2.75, 3.05) is 0 Å². The molecule has 2 aromatic heterocycles. The lowest BCUT2D eigenvalue weighted by Gasteiger charge is -2.12. The SMILES string of the molecule is C[Si](C)(C)c1cc(Br)c(-c2ccsc2)s1. The van der Waals surface area contributed by atoms with Crippen LogP contribution in [0.2, 0.25) is 19.6 Å². The molecule has 0 aliphatic heterocycles. The molecule has 0 aromatic carbocycles. The van der Waals surface area contributed by atoms with Crippen LogP contribution in [0.3, 0.4) is 0 Å². The van der Waals surface area contributed by atoms with Gasteiger partial charge in [-0.3, -0.25) is 0 Å². The molecule has 2 rings (SSSR count). The minimum atomic E-state index is -1.16. The fourth-order valence-electron chi connectivity index (χ4n) is 1.33. The summed E-state index contributed by atoms with van der Waals surface area (Å²) in [7, 11) is -1.16. The zero-order valence-electron chi connectivity index (χ0n) is 9.00. The lowest BCUT2D eigenvalue weighted by molar-refractivity contribution is 1.77.